The van der Waals surface area contributed by atoms with Crippen LogP contribution in [-0.4, -0.2) is 49.5 Å². The van der Waals surface area contributed by atoms with Gasteiger partial charge in [0, 0.05) is 18.7 Å². The first-order chi connectivity index (χ1) is 12.1. The molecule has 1 amide bonds. The summed E-state index contributed by atoms with van der Waals surface area (Å²) < 4.78 is 32.6. The van der Waals surface area contributed by atoms with Gasteiger partial charge >= 0.3 is 0 Å². The Balaban J connectivity index is 2.18. The summed E-state index contributed by atoms with van der Waals surface area (Å²) in [5.74, 6) is -0.409. The maximum Gasteiger partial charge on any atom is 0.252 e. The minimum absolute atomic E-state index is 0.133. The number of morpholine rings is 1. The van der Waals surface area contributed by atoms with E-state index in [4.69, 9.17) is 10.00 Å². The van der Waals surface area contributed by atoms with Crippen molar-refractivity contribution in [2.24, 2.45) is 0 Å². The van der Waals surface area contributed by atoms with Gasteiger partial charge in [0.15, 0.2) is 0 Å². The number of rotatable bonds is 5. The van der Waals surface area contributed by atoms with Crippen LogP contribution in [0.3, 0.4) is 0 Å². The predicted octanol–water partition coefficient (Wildman–Crippen LogP) is 1.91. The average Bonchev–Trinajstić information content (AvgIpc) is 2.60. The monoisotopic (exact) mass is 379 g/mol. The molecule has 1 heterocycles. The first-order valence-electron chi connectivity index (χ1n) is 8.60. The Morgan fingerprint density at radius 3 is 2.31 bits per heavy atom. The van der Waals surface area contributed by atoms with Crippen molar-refractivity contribution in [1.82, 2.24) is 9.62 Å². The molecule has 1 aliphatic heterocycles. The van der Waals surface area contributed by atoms with Crippen molar-refractivity contribution >= 4 is 15.9 Å². The topological polar surface area (TPSA) is 99.5 Å². The summed E-state index contributed by atoms with van der Waals surface area (Å²) in [6, 6.07) is 7.83. The summed E-state index contributed by atoms with van der Waals surface area (Å²) in [5, 5.41) is 11.8. The van der Waals surface area contributed by atoms with Crippen molar-refractivity contribution in [3.63, 3.8) is 0 Å². The molecule has 2 rings (SSSR count). The van der Waals surface area contributed by atoms with Crippen LogP contribution in [0.5, 0.6) is 0 Å². The number of sulfonamides is 1. The van der Waals surface area contributed by atoms with Crippen molar-refractivity contribution in [2.45, 2.75) is 56.8 Å². The number of carbonyl (C=O) groups is 1. The Morgan fingerprint density at radius 2 is 1.85 bits per heavy atom. The fourth-order valence-electron chi connectivity index (χ4n) is 2.77. The molecule has 0 bridgehead atoms. The number of carbonyl (C=O) groups excluding carboxylic acids is 1. The van der Waals surface area contributed by atoms with Gasteiger partial charge in [0.2, 0.25) is 10.0 Å². The lowest BCUT2D eigenvalue weighted by molar-refractivity contribution is -0.0440. The number of amides is 1. The van der Waals surface area contributed by atoms with Crippen LogP contribution in [0.1, 0.15) is 44.5 Å². The van der Waals surface area contributed by atoms with Gasteiger partial charge in [-0.25, -0.2) is 8.42 Å². The summed E-state index contributed by atoms with van der Waals surface area (Å²) in [7, 11) is -3.65. The largest absolute Gasteiger partial charge is 0.373 e. The van der Waals surface area contributed by atoms with Crippen LogP contribution in [0.4, 0.5) is 0 Å². The molecule has 3 unspecified atom stereocenters. The number of nitrogens with zero attached hydrogens (tertiary/aromatic N) is 2. The predicted molar refractivity (Wildman–Crippen MR) is 97.0 cm³/mol. The van der Waals surface area contributed by atoms with Gasteiger partial charge in [0.25, 0.3) is 5.91 Å². The van der Waals surface area contributed by atoms with Gasteiger partial charge in [-0.3, -0.25) is 4.79 Å². The van der Waals surface area contributed by atoms with Gasteiger partial charge in [-0.1, -0.05) is 6.92 Å². The van der Waals surface area contributed by atoms with E-state index in [1.807, 2.05) is 20.8 Å². The molecular formula is C18H25N3O4S. The quantitative estimate of drug-likeness (QED) is 0.842. The number of benzene rings is 1. The zero-order chi connectivity index (χ0) is 19.5. The molecule has 142 valence electrons. The summed E-state index contributed by atoms with van der Waals surface area (Å²) >= 11 is 0. The molecule has 1 aromatic rings. The standard InChI is InChI=1S/C18H25N3O4S/c1-5-18(4,12-19)20-17(22)15-6-8-16(9-7-15)26(23,24)21-10-13(2)25-14(3)11-21/h6-9,13-14H,5,10-11H2,1-4H3,(H,20,22). The molecule has 0 radical (unpaired) electrons. The van der Waals surface area contributed by atoms with Crippen LogP contribution < -0.4 is 5.32 Å². The molecule has 0 aromatic heterocycles. The van der Waals surface area contributed by atoms with E-state index in [2.05, 4.69) is 11.4 Å². The van der Waals surface area contributed by atoms with Crippen LogP contribution in [-0.2, 0) is 14.8 Å². The molecule has 1 N–H and O–H groups in total. The molecule has 1 aromatic carbocycles. The van der Waals surface area contributed by atoms with Gasteiger partial charge in [-0.05, 0) is 51.5 Å². The molecular weight excluding hydrogens is 354 g/mol. The van der Waals surface area contributed by atoms with Crippen molar-refractivity contribution in [3.8, 4) is 6.07 Å². The average molecular weight is 379 g/mol. The summed E-state index contributed by atoms with van der Waals surface area (Å²) in [5.41, 5.74) is -0.648. The number of hydrogen-bond acceptors (Lipinski definition) is 5. The second kappa shape index (κ2) is 7.74. The molecule has 1 aliphatic rings. The van der Waals surface area contributed by atoms with Gasteiger partial charge in [-0.15, -0.1) is 0 Å². The Kier molecular flexibility index (Phi) is 6.06. The highest BCUT2D eigenvalue weighted by molar-refractivity contribution is 7.89. The normalized spacial score (nSPS) is 23.7. The zero-order valence-corrected chi connectivity index (χ0v) is 16.3. The number of hydrogen-bond donors (Lipinski definition) is 1. The fourth-order valence-corrected chi connectivity index (χ4v) is 4.36. The summed E-state index contributed by atoms with van der Waals surface area (Å²) in [6.07, 6.45) is 0.127. The molecule has 3 atom stereocenters. The molecule has 26 heavy (non-hydrogen) atoms. The number of ether oxygens (including phenoxy) is 1. The minimum Gasteiger partial charge on any atom is -0.373 e. The van der Waals surface area contributed by atoms with E-state index in [1.165, 1.54) is 28.6 Å². The van der Waals surface area contributed by atoms with E-state index >= 15 is 0 Å². The van der Waals surface area contributed by atoms with Crippen LogP contribution in [0, 0.1) is 11.3 Å². The number of nitriles is 1. The third kappa shape index (κ3) is 4.41. The van der Waals surface area contributed by atoms with Crippen LogP contribution in [0.15, 0.2) is 29.2 Å². The molecule has 0 saturated carbocycles. The third-order valence-electron chi connectivity index (χ3n) is 4.48. The Morgan fingerprint density at radius 1 is 1.31 bits per heavy atom. The highest BCUT2D eigenvalue weighted by Gasteiger charge is 2.32. The molecule has 0 aliphatic carbocycles. The first kappa shape index (κ1) is 20.4. The minimum atomic E-state index is -3.65. The summed E-state index contributed by atoms with van der Waals surface area (Å²) in [6.45, 7) is 7.73. The van der Waals surface area contributed by atoms with E-state index in [9.17, 15) is 13.2 Å². The maximum atomic E-state index is 12.8. The molecule has 1 fully saturated rings. The van der Waals surface area contributed by atoms with Gasteiger partial charge in [0.1, 0.15) is 5.54 Å². The van der Waals surface area contributed by atoms with Crippen molar-refractivity contribution in [2.75, 3.05) is 13.1 Å². The van der Waals surface area contributed by atoms with E-state index in [0.717, 1.165) is 0 Å². The lowest BCUT2D eigenvalue weighted by Gasteiger charge is -2.34. The number of nitrogens with one attached hydrogen (secondary N) is 1. The van der Waals surface area contributed by atoms with Crippen molar-refractivity contribution < 1.29 is 17.9 Å². The molecule has 7 nitrogen and oxygen atoms in total. The lowest BCUT2D eigenvalue weighted by Crippen LogP contribution is -2.48. The Hall–Kier alpha value is -1.95. The second-order valence-electron chi connectivity index (χ2n) is 6.86. The SMILES string of the molecule is CCC(C)(C#N)NC(=O)c1ccc(S(=O)(=O)N2CC(C)OC(C)C2)cc1. The molecule has 0 spiro atoms. The van der Waals surface area contributed by atoms with E-state index in [0.29, 0.717) is 25.1 Å². The van der Waals surface area contributed by atoms with Crippen LogP contribution in [0.25, 0.3) is 0 Å². The highest BCUT2D eigenvalue weighted by atomic mass is 32.2. The van der Waals surface area contributed by atoms with Crippen LogP contribution in [0.2, 0.25) is 0 Å². The van der Waals surface area contributed by atoms with E-state index < -0.39 is 21.5 Å². The maximum absolute atomic E-state index is 12.8. The van der Waals surface area contributed by atoms with Gasteiger partial charge in [-0.2, -0.15) is 9.57 Å². The van der Waals surface area contributed by atoms with Crippen molar-refractivity contribution in [1.29, 1.82) is 5.26 Å². The van der Waals surface area contributed by atoms with Crippen molar-refractivity contribution in [3.05, 3.63) is 29.8 Å². The highest BCUT2D eigenvalue weighted by Crippen LogP contribution is 2.21. The lowest BCUT2D eigenvalue weighted by atomic mass is 10.0. The van der Waals surface area contributed by atoms with Gasteiger partial charge < -0.3 is 10.1 Å². The zero-order valence-electron chi connectivity index (χ0n) is 15.5. The van der Waals surface area contributed by atoms with E-state index in [1.54, 1.807) is 6.92 Å². The second-order valence-corrected chi connectivity index (χ2v) is 8.79. The molecule has 8 heteroatoms. The Labute approximate surface area is 155 Å². The summed E-state index contributed by atoms with van der Waals surface area (Å²) in [4.78, 5) is 12.4. The first-order valence-corrected chi connectivity index (χ1v) is 10.0. The fraction of sp³-hybridized carbons (Fsp3) is 0.556. The molecule has 1 saturated heterocycles. The van der Waals surface area contributed by atoms with Gasteiger partial charge in [0.05, 0.1) is 23.2 Å². The smallest absolute Gasteiger partial charge is 0.252 e. The van der Waals surface area contributed by atoms with Crippen LogP contribution >= 0.6 is 0 Å². The Bertz CT molecular complexity index is 791. The van der Waals surface area contributed by atoms with E-state index in [-0.39, 0.29) is 17.1 Å². The third-order valence-corrected chi connectivity index (χ3v) is 6.33.